The number of amides is 1. The Morgan fingerprint density at radius 1 is 1.19 bits per heavy atom. The first-order chi connectivity index (χ1) is 17.1. The summed E-state index contributed by atoms with van der Waals surface area (Å²) in [5.74, 6) is -0.366. The Balaban J connectivity index is 1.33. The lowest BCUT2D eigenvalue weighted by Gasteiger charge is -2.32. The topological polar surface area (TPSA) is 97.8 Å². The van der Waals surface area contributed by atoms with Gasteiger partial charge >= 0.3 is 0 Å². The highest BCUT2D eigenvalue weighted by molar-refractivity contribution is 7.89. The van der Waals surface area contributed by atoms with Crippen molar-refractivity contribution in [1.82, 2.24) is 14.6 Å². The van der Waals surface area contributed by atoms with Crippen LogP contribution in [0.3, 0.4) is 0 Å². The van der Waals surface area contributed by atoms with E-state index in [0.717, 1.165) is 62.7 Å². The fourth-order valence-electron chi connectivity index (χ4n) is 4.38. The molecule has 2 aromatic rings. The van der Waals surface area contributed by atoms with E-state index >= 15 is 0 Å². The molecule has 1 N–H and O–H groups in total. The molecule has 36 heavy (non-hydrogen) atoms. The van der Waals surface area contributed by atoms with Crippen LogP contribution in [0.5, 0.6) is 11.6 Å². The minimum Gasteiger partial charge on any atom is -0.493 e. The number of sulfonamides is 1. The minimum absolute atomic E-state index is 0.196. The zero-order valence-corrected chi connectivity index (χ0v) is 22.0. The molecular weight excluding hydrogens is 509 g/mol. The minimum atomic E-state index is -3.79. The number of nitrogens with one attached hydrogen (secondary N) is 1. The normalized spacial score (nSPS) is 17.1. The van der Waals surface area contributed by atoms with Crippen molar-refractivity contribution < 1.29 is 27.1 Å². The molecule has 4 rings (SSSR count). The van der Waals surface area contributed by atoms with E-state index in [1.54, 1.807) is 6.20 Å². The third-order valence-corrected chi connectivity index (χ3v) is 7.20. The van der Waals surface area contributed by atoms with E-state index in [9.17, 15) is 17.6 Å². The predicted octanol–water partition coefficient (Wildman–Crippen LogP) is 4.13. The number of carbonyl (C=O) groups is 1. The first kappa shape index (κ1) is 26.6. The molecule has 2 aliphatic rings. The predicted molar refractivity (Wildman–Crippen MR) is 135 cm³/mol. The Bertz CT molecular complexity index is 1210. The van der Waals surface area contributed by atoms with Crippen LogP contribution in [0.2, 0.25) is 5.02 Å². The maximum atomic E-state index is 14.7. The lowest BCUT2D eigenvalue weighted by atomic mass is 9.97. The number of halogens is 2. The maximum absolute atomic E-state index is 14.7. The summed E-state index contributed by atoms with van der Waals surface area (Å²) >= 11 is 6.26. The Morgan fingerprint density at radius 2 is 1.92 bits per heavy atom. The van der Waals surface area contributed by atoms with Crippen molar-refractivity contribution >= 4 is 27.5 Å². The number of hydrogen-bond acceptors (Lipinski definition) is 7. The van der Waals surface area contributed by atoms with Gasteiger partial charge in [-0.25, -0.2) is 22.5 Å². The monoisotopic (exact) mass is 539 g/mol. The molecule has 0 unspecified atom stereocenters. The number of nitrogens with zero attached hydrogens (tertiary/aromatic N) is 2. The van der Waals surface area contributed by atoms with Gasteiger partial charge in [-0.3, -0.25) is 9.69 Å². The average molecular weight is 540 g/mol. The van der Waals surface area contributed by atoms with Gasteiger partial charge in [-0.15, -0.1) is 0 Å². The van der Waals surface area contributed by atoms with Gasteiger partial charge in [-0.05, 0) is 80.8 Å². The van der Waals surface area contributed by atoms with E-state index in [-0.39, 0.29) is 11.5 Å². The second-order valence-corrected chi connectivity index (χ2v) is 11.6. The van der Waals surface area contributed by atoms with E-state index in [2.05, 4.69) is 9.88 Å². The van der Waals surface area contributed by atoms with Gasteiger partial charge in [0.25, 0.3) is 5.91 Å². The summed E-state index contributed by atoms with van der Waals surface area (Å²) in [6.07, 6.45) is 6.38. The highest BCUT2D eigenvalue weighted by Crippen LogP contribution is 2.45. The molecule has 1 aromatic carbocycles. The van der Waals surface area contributed by atoms with Crippen LogP contribution in [0.15, 0.2) is 24.4 Å². The molecule has 0 bridgehead atoms. The lowest BCUT2D eigenvalue weighted by molar-refractivity contribution is 0.0977. The Morgan fingerprint density at radius 3 is 2.53 bits per heavy atom. The molecule has 0 atom stereocenters. The summed E-state index contributed by atoms with van der Waals surface area (Å²) in [5.41, 5.74) is 1.50. The Hall–Kier alpha value is -2.43. The van der Waals surface area contributed by atoms with Gasteiger partial charge in [0.15, 0.2) is 0 Å². The number of rotatable bonds is 10. The molecule has 1 aliphatic carbocycles. The van der Waals surface area contributed by atoms with Crippen LogP contribution < -0.4 is 14.2 Å². The molecule has 2 heterocycles. The molecule has 11 heteroatoms. The average Bonchev–Trinajstić information content (AvgIpc) is 3.65. The Labute approximate surface area is 216 Å². The molecule has 0 spiro atoms. The molecule has 2 fully saturated rings. The van der Waals surface area contributed by atoms with Gasteiger partial charge < -0.3 is 9.47 Å². The molecule has 1 saturated carbocycles. The molecular formula is C25H31ClFN3O5S. The Kier molecular flexibility index (Phi) is 8.37. The van der Waals surface area contributed by atoms with Gasteiger partial charge in [0.05, 0.1) is 25.0 Å². The third-order valence-electron chi connectivity index (χ3n) is 6.37. The van der Waals surface area contributed by atoms with Gasteiger partial charge in [0, 0.05) is 18.8 Å². The van der Waals surface area contributed by atoms with Crippen LogP contribution in [-0.2, 0) is 16.6 Å². The number of hydrogen-bond donors (Lipinski definition) is 1. The van der Waals surface area contributed by atoms with Gasteiger partial charge in [0.1, 0.15) is 16.6 Å². The SMILES string of the molecule is CCOc1ncc(CN2CCC(COc3cc(F)c(C(=O)NS(C)(=O)=O)cc3C3CC3)CC2)cc1Cl. The van der Waals surface area contributed by atoms with Gasteiger partial charge in [-0.1, -0.05) is 11.6 Å². The van der Waals surface area contributed by atoms with E-state index in [4.69, 9.17) is 21.1 Å². The van der Waals surface area contributed by atoms with Crippen molar-refractivity contribution in [2.45, 2.75) is 45.1 Å². The van der Waals surface area contributed by atoms with Crippen LogP contribution >= 0.6 is 11.6 Å². The highest BCUT2D eigenvalue weighted by atomic mass is 35.5. The third kappa shape index (κ3) is 7.08. The number of ether oxygens (including phenoxy) is 2. The van der Waals surface area contributed by atoms with Crippen molar-refractivity contribution in [2.75, 3.05) is 32.6 Å². The standard InChI is InChI=1S/C25H31ClFN3O5S/c1-3-34-25-21(26)10-17(13-28-25)14-30-8-6-16(7-9-30)15-35-23-12-22(27)20(11-19(23)18-4-5-18)24(31)29-36(2,32)33/h10-13,16,18H,3-9,14-15H2,1-2H3,(H,29,31). The summed E-state index contributed by atoms with van der Waals surface area (Å²) < 4.78 is 50.7. The molecule has 1 amide bonds. The molecule has 1 aliphatic heterocycles. The van der Waals surface area contributed by atoms with Crippen LogP contribution in [0.25, 0.3) is 0 Å². The van der Waals surface area contributed by atoms with Gasteiger partial charge in [0.2, 0.25) is 15.9 Å². The van der Waals surface area contributed by atoms with Crippen molar-refractivity contribution in [2.24, 2.45) is 5.92 Å². The van der Waals surface area contributed by atoms with E-state index in [0.29, 0.717) is 35.8 Å². The largest absolute Gasteiger partial charge is 0.493 e. The summed E-state index contributed by atoms with van der Waals surface area (Å²) in [4.78, 5) is 18.9. The number of carbonyl (C=O) groups excluding carboxylic acids is 1. The summed E-state index contributed by atoms with van der Waals surface area (Å²) in [6, 6.07) is 4.53. The van der Waals surface area contributed by atoms with Gasteiger partial charge in [-0.2, -0.15) is 0 Å². The molecule has 0 radical (unpaired) electrons. The first-order valence-corrected chi connectivity index (χ1v) is 14.4. The number of likely N-dealkylation sites (tertiary alicyclic amines) is 1. The molecule has 196 valence electrons. The number of piperidine rings is 1. The zero-order chi connectivity index (χ0) is 25.9. The summed E-state index contributed by atoms with van der Waals surface area (Å²) in [7, 11) is -3.79. The fraction of sp³-hybridized carbons (Fsp3) is 0.520. The number of pyridine rings is 1. The van der Waals surface area contributed by atoms with Crippen LogP contribution in [0.4, 0.5) is 4.39 Å². The van der Waals surface area contributed by atoms with Crippen molar-refractivity contribution in [3.8, 4) is 11.6 Å². The van der Waals surface area contributed by atoms with E-state index in [1.165, 1.54) is 12.1 Å². The second kappa shape index (κ2) is 11.3. The maximum Gasteiger partial charge on any atom is 0.267 e. The number of aromatic nitrogens is 1. The van der Waals surface area contributed by atoms with Crippen LogP contribution in [0.1, 0.15) is 60.0 Å². The van der Waals surface area contributed by atoms with Crippen molar-refractivity contribution in [3.63, 3.8) is 0 Å². The van der Waals surface area contributed by atoms with E-state index in [1.807, 2.05) is 17.7 Å². The van der Waals surface area contributed by atoms with Crippen molar-refractivity contribution in [1.29, 1.82) is 0 Å². The van der Waals surface area contributed by atoms with Crippen LogP contribution in [-0.4, -0.2) is 56.8 Å². The summed E-state index contributed by atoms with van der Waals surface area (Å²) in [5, 5.41) is 0.510. The quantitative estimate of drug-likeness (QED) is 0.485. The zero-order valence-electron chi connectivity index (χ0n) is 20.4. The van der Waals surface area contributed by atoms with Crippen molar-refractivity contribution in [3.05, 3.63) is 51.9 Å². The van der Waals surface area contributed by atoms with Crippen LogP contribution in [0, 0.1) is 11.7 Å². The molecule has 1 aromatic heterocycles. The molecule has 1 saturated heterocycles. The first-order valence-electron chi connectivity index (χ1n) is 12.1. The second-order valence-electron chi connectivity index (χ2n) is 9.44. The number of benzene rings is 1. The highest BCUT2D eigenvalue weighted by Gasteiger charge is 2.30. The van der Waals surface area contributed by atoms with E-state index < -0.39 is 21.7 Å². The lowest BCUT2D eigenvalue weighted by Crippen LogP contribution is -2.35. The fourth-order valence-corrected chi connectivity index (χ4v) is 5.07. The summed E-state index contributed by atoms with van der Waals surface area (Å²) in [6.45, 7) is 5.40. The molecule has 8 nitrogen and oxygen atoms in total. The smallest absolute Gasteiger partial charge is 0.267 e.